The van der Waals surface area contributed by atoms with Gasteiger partial charge in [-0.1, -0.05) is 31.9 Å². The molecule has 0 aromatic heterocycles. The van der Waals surface area contributed by atoms with Gasteiger partial charge in [0.1, 0.15) is 5.75 Å². The highest BCUT2D eigenvalue weighted by Gasteiger charge is 2.06. The number of nitrogen functional groups attached to an aromatic ring is 1. The van der Waals surface area contributed by atoms with Crippen molar-refractivity contribution in [1.82, 2.24) is 0 Å². The molecular formula is C14H13Br2NOS. The van der Waals surface area contributed by atoms with E-state index in [9.17, 15) is 0 Å². The molecule has 2 N–H and O–H groups in total. The zero-order valence-electron chi connectivity index (χ0n) is 10.3. The van der Waals surface area contributed by atoms with Crippen LogP contribution < -0.4 is 10.5 Å². The Morgan fingerprint density at radius 2 is 1.79 bits per heavy atom. The SMILES string of the molecule is COc1ccc(Br)cc1CSc1ccc(Br)cc1N. The number of rotatable bonds is 4. The molecule has 0 spiro atoms. The lowest BCUT2D eigenvalue weighted by Gasteiger charge is -2.10. The van der Waals surface area contributed by atoms with Crippen LogP contribution in [0.4, 0.5) is 5.69 Å². The zero-order valence-corrected chi connectivity index (χ0v) is 14.3. The molecular weight excluding hydrogens is 390 g/mol. The van der Waals surface area contributed by atoms with Crippen LogP contribution in [-0.4, -0.2) is 7.11 Å². The van der Waals surface area contributed by atoms with E-state index in [0.29, 0.717) is 0 Å². The molecule has 0 amide bonds. The van der Waals surface area contributed by atoms with Crippen molar-refractivity contribution in [3.8, 4) is 5.75 Å². The second-order valence-electron chi connectivity index (χ2n) is 3.93. The predicted octanol–water partition coefficient (Wildman–Crippen LogP) is 5.09. The van der Waals surface area contributed by atoms with Gasteiger partial charge in [0.25, 0.3) is 0 Å². The summed E-state index contributed by atoms with van der Waals surface area (Å²) in [5, 5.41) is 0. The topological polar surface area (TPSA) is 35.2 Å². The van der Waals surface area contributed by atoms with Gasteiger partial charge in [-0.15, -0.1) is 11.8 Å². The summed E-state index contributed by atoms with van der Waals surface area (Å²) < 4.78 is 7.41. The van der Waals surface area contributed by atoms with Gasteiger partial charge in [-0.05, 0) is 36.4 Å². The summed E-state index contributed by atoms with van der Waals surface area (Å²) in [6, 6.07) is 11.9. The average molecular weight is 403 g/mol. The van der Waals surface area contributed by atoms with Crippen LogP contribution in [0.25, 0.3) is 0 Å². The van der Waals surface area contributed by atoms with Crippen LogP contribution in [0.3, 0.4) is 0 Å². The lowest BCUT2D eigenvalue weighted by atomic mass is 10.2. The number of nitrogens with two attached hydrogens (primary N) is 1. The van der Waals surface area contributed by atoms with Crippen LogP contribution in [0, 0.1) is 0 Å². The molecule has 2 rings (SSSR count). The number of hydrogen-bond donors (Lipinski definition) is 1. The lowest BCUT2D eigenvalue weighted by Crippen LogP contribution is -1.92. The first-order valence-corrected chi connectivity index (χ1v) is 8.17. The summed E-state index contributed by atoms with van der Waals surface area (Å²) >= 11 is 8.59. The van der Waals surface area contributed by atoms with Gasteiger partial charge in [-0.3, -0.25) is 0 Å². The van der Waals surface area contributed by atoms with E-state index in [1.165, 1.54) is 0 Å². The van der Waals surface area contributed by atoms with Crippen molar-refractivity contribution < 1.29 is 4.74 Å². The fourth-order valence-corrected chi connectivity index (χ4v) is 3.38. The van der Waals surface area contributed by atoms with Gasteiger partial charge in [0.2, 0.25) is 0 Å². The van der Waals surface area contributed by atoms with Gasteiger partial charge < -0.3 is 10.5 Å². The van der Waals surface area contributed by atoms with E-state index in [1.807, 2.05) is 30.3 Å². The molecule has 0 aliphatic rings. The first-order valence-electron chi connectivity index (χ1n) is 5.60. The van der Waals surface area contributed by atoms with E-state index in [0.717, 1.165) is 36.6 Å². The smallest absolute Gasteiger partial charge is 0.122 e. The standard InChI is InChI=1S/C14H13Br2NOS/c1-18-13-4-2-10(15)6-9(13)8-19-14-5-3-11(16)7-12(14)17/h2-7H,8,17H2,1H3. The maximum atomic E-state index is 5.99. The quantitative estimate of drug-likeness (QED) is 0.571. The third kappa shape index (κ3) is 3.91. The van der Waals surface area contributed by atoms with Crippen molar-refractivity contribution in [3.63, 3.8) is 0 Å². The van der Waals surface area contributed by atoms with Gasteiger partial charge in [0, 0.05) is 30.8 Å². The van der Waals surface area contributed by atoms with Crippen LogP contribution in [0.15, 0.2) is 50.2 Å². The highest BCUT2D eigenvalue weighted by molar-refractivity contribution is 9.10. The molecule has 2 aromatic carbocycles. The summed E-state index contributed by atoms with van der Waals surface area (Å²) in [4.78, 5) is 1.07. The average Bonchev–Trinajstić information content (AvgIpc) is 2.38. The fourth-order valence-electron chi connectivity index (χ4n) is 1.67. The molecule has 0 atom stereocenters. The van der Waals surface area contributed by atoms with Crippen LogP contribution in [0.2, 0.25) is 0 Å². The van der Waals surface area contributed by atoms with E-state index in [2.05, 4.69) is 37.9 Å². The van der Waals surface area contributed by atoms with E-state index in [1.54, 1.807) is 18.9 Å². The maximum Gasteiger partial charge on any atom is 0.122 e. The van der Waals surface area contributed by atoms with E-state index in [-0.39, 0.29) is 0 Å². The predicted molar refractivity (Wildman–Crippen MR) is 88.8 cm³/mol. The first-order chi connectivity index (χ1) is 9.10. The minimum Gasteiger partial charge on any atom is -0.496 e. The molecule has 0 aliphatic carbocycles. The Hall–Kier alpha value is -0.650. The zero-order chi connectivity index (χ0) is 13.8. The number of ether oxygens (including phenoxy) is 1. The molecule has 2 aromatic rings. The summed E-state index contributed by atoms with van der Waals surface area (Å²) in [6.45, 7) is 0. The van der Waals surface area contributed by atoms with Crippen LogP contribution in [0.5, 0.6) is 5.75 Å². The van der Waals surface area contributed by atoms with Crippen molar-refractivity contribution in [2.45, 2.75) is 10.6 Å². The Labute approximate surface area is 134 Å². The monoisotopic (exact) mass is 401 g/mol. The van der Waals surface area contributed by atoms with Gasteiger partial charge in [0.05, 0.1) is 7.11 Å². The third-order valence-electron chi connectivity index (χ3n) is 2.60. The number of thioether (sulfide) groups is 1. The molecule has 0 saturated carbocycles. The Kier molecular flexibility index (Phi) is 5.19. The van der Waals surface area contributed by atoms with Crippen LogP contribution in [0.1, 0.15) is 5.56 Å². The van der Waals surface area contributed by atoms with Crippen molar-refractivity contribution in [3.05, 3.63) is 50.9 Å². The van der Waals surface area contributed by atoms with E-state index >= 15 is 0 Å². The van der Waals surface area contributed by atoms with Gasteiger partial charge >= 0.3 is 0 Å². The molecule has 0 bridgehead atoms. The number of anilines is 1. The summed E-state index contributed by atoms with van der Waals surface area (Å²) in [6.07, 6.45) is 0. The number of benzene rings is 2. The molecule has 0 heterocycles. The van der Waals surface area contributed by atoms with Crippen molar-refractivity contribution in [2.24, 2.45) is 0 Å². The molecule has 5 heteroatoms. The molecule has 0 saturated heterocycles. The summed E-state index contributed by atoms with van der Waals surface area (Å²) in [5.74, 6) is 1.71. The van der Waals surface area contributed by atoms with Gasteiger partial charge in [-0.25, -0.2) is 0 Å². The molecule has 100 valence electrons. The van der Waals surface area contributed by atoms with Crippen molar-refractivity contribution in [1.29, 1.82) is 0 Å². The number of hydrogen-bond acceptors (Lipinski definition) is 3. The minimum atomic E-state index is 0.785. The molecule has 0 aliphatic heterocycles. The highest BCUT2D eigenvalue weighted by Crippen LogP contribution is 2.33. The van der Waals surface area contributed by atoms with E-state index < -0.39 is 0 Å². The Balaban J connectivity index is 2.16. The molecule has 19 heavy (non-hydrogen) atoms. The molecule has 0 unspecified atom stereocenters. The fraction of sp³-hybridized carbons (Fsp3) is 0.143. The number of halogens is 2. The Morgan fingerprint density at radius 3 is 2.47 bits per heavy atom. The van der Waals surface area contributed by atoms with Gasteiger partial charge in [0.15, 0.2) is 0 Å². The molecule has 0 radical (unpaired) electrons. The maximum absolute atomic E-state index is 5.99. The first kappa shape index (κ1) is 14.8. The largest absolute Gasteiger partial charge is 0.496 e. The van der Waals surface area contributed by atoms with Crippen molar-refractivity contribution in [2.75, 3.05) is 12.8 Å². The normalized spacial score (nSPS) is 10.5. The van der Waals surface area contributed by atoms with Crippen LogP contribution >= 0.6 is 43.6 Å². The third-order valence-corrected chi connectivity index (χ3v) is 4.72. The highest BCUT2D eigenvalue weighted by atomic mass is 79.9. The summed E-state index contributed by atoms with van der Waals surface area (Å²) in [5.41, 5.74) is 7.92. The second-order valence-corrected chi connectivity index (χ2v) is 6.78. The van der Waals surface area contributed by atoms with Crippen molar-refractivity contribution >= 4 is 49.3 Å². The number of methoxy groups -OCH3 is 1. The van der Waals surface area contributed by atoms with Crippen LogP contribution in [-0.2, 0) is 5.75 Å². The van der Waals surface area contributed by atoms with Gasteiger partial charge in [-0.2, -0.15) is 0 Å². The lowest BCUT2D eigenvalue weighted by molar-refractivity contribution is 0.411. The summed E-state index contributed by atoms with van der Waals surface area (Å²) in [7, 11) is 1.69. The molecule has 0 fully saturated rings. The Bertz CT molecular complexity index is 590. The Morgan fingerprint density at radius 1 is 1.11 bits per heavy atom. The minimum absolute atomic E-state index is 0.785. The molecule has 2 nitrogen and oxygen atoms in total. The van der Waals surface area contributed by atoms with E-state index in [4.69, 9.17) is 10.5 Å². The second kappa shape index (κ2) is 6.68.